The van der Waals surface area contributed by atoms with Gasteiger partial charge in [-0.2, -0.15) is 0 Å². The van der Waals surface area contributed by atoms with Crippen LogP contribution in [0.15, 0.2) is 18.2 Å². The normalized spacial score (nSPS) is 14.7. The van der Waals surface area contributed by atoms with Crippen LogP contribution in [0.3, 0.4) is 0 Å². The van der Waals surface area contributed by atoms with Crippen molar-refractivity contribution in [2.45, 2.75) is 39.8 Å². The lowest BCUT2D eigenvalue weighted by atomic mass is 10.00. The number of nitrogens with one attached hydrogen (secondary N) is 1. The first-order valence-electron chi connectivity index (χ1n) is 6.58. The monoisotopic (exact) mass is 252 g/mol. The van der Waals surface area contributed by atoms with Crippen molar-refractivity contribution in [3.05, 3.63) is 29.6 Å². The summed E-state index contributed by atoms with van der Waals surface area (Å²) in [6.45, 7) is 8.52. The molecular formula is C15H25FN2. The van der Waals surface area contributed by atoms with Crippen molar-refractivity contribution in [3.63, 3.8) is 0 Å². The minimum Gasteiger partial charge on any atom is -0.371 e. The number of hydrogen-bond donors (Lipinski definition) is 1. The van der Waals surface area contributed by atoms with Gasteiger partial charge in [-0.3, -0.25) is 0 Å². The van der Waals surface area contributed by atoms with Gasteiger partial charge in [-0.15, -0.1) is 0 Å². The van der Waals surface area contributed by atoms with Crippen LogP contribution in [0.1, 0.15) is 39.3 Å². The first-order chi connectivity index (χ1) is 8.40. The van der Waals surface area contributed by atoms with E-state index < -0.39 is 0 Å². The molecule has 0 amide bonds. The lowest BCUT2D eigenvalue weighted by molar-refractivity contribution is 0.498. The highest BCUT2D eigenvalue weighted by atomic mass is 19.1. The summed E-state index contributed by atoms with van der Waals surface area (Å²) in [7, 11) is 3.89. The molecule has 1 N–H and O–H groups in total. The molecule has 102 valence electrons. The van der Waals surface area contributed by atoms with Crippen LogP contribution in [0.4, 0.5) is 10.1 Å². The van der Waals surface area contributed by atoms with E-state index in [-0.39, 0.29) is 11.9 Å². The Morgan fingerprint density at radius 3 is 2.28 bits per heavy atom. The number of anilines is 1. The van der Waals surface area contributed by atoms with Crippen LogP contribution in [-0.4, -0.2) is 20.1 Å². The van der Waals surface area contributed by atoms with Gasteiger partial charge < -0.3 is 10.2 Å². The van der Waals surface area contributed by atoms with Gasteiger partial charge in [-0.1, -0.05) is 19.9 Å². The predicted molar refractivity (Wildman–Crippen MR) is 76.6 cm³/mol. The molecule has 0 heterocycles. The van der Waals surface area contributed by atoms with Gasteiger partial charge in [0.1, 0.15) is 5.82 Å². The third kappa shape index (κ3) is 3.02. The first kappa shape index (κ1) is 15.0. The topological polar surface area (TPSA) is 15.3 Å². The zero-order chi connectivity index (χ0) is 13.9. The highest BCUT2D eigenvalue weighted by Crippen LogP contribution is 2.30. The molecule has 2 nitrogen and oxygen atoms in total. The van der Waals surface area contributed by atoms with Gasteiger partial charge >= 0.3 is 0 Å². The van der Waals surface area contributed by atoms with Crippen molar-refractivity contribution in [1.29, 1.82) is 0 Å². The van der Waals surface area contributed by atoms with E-state index in [4.69, 9.17) is 0 Å². The fourth-order valence-electron chi connectivity index (χ4n) is 2.07. The van der Waals surface area contributed by atoms with E-state index in [0.29, 0.717) is 12.0 Å². The fourth-order valence-corrected chi connectivity index (χ4v) is 2.07. The lowest BCUT2D eigenvalue weighted by Gasteiger charge is -2.33. The lowest BCUT2D eigenvalue weighted by Crippen LogP contribution is -2.34. The molecule has 3 heteroatoms. The van der Waals surface area contributed by atoms with Gasteiger partial charge in [-0.05, 0) is 38.9 Å². The molecule has 0 aliphatic rings. The van der Waals surface area contributed by atoms with Gasteiger partial charge in [-0.25, -0.2) is 4.39 Å². The van der Waals surface area contributed by atoms with Crippen molar-refractivity contribution in [1.82, 2.24) is 5.32 Å². The number of benzene rings is 1. The van der Waals surface area contributed by atoms with E-state index in [1.54, 1.807) is 6.07 Å². The minimum absolute atomic E-state index is 0.00279. The van der Waals surface area contributed by atoms with Crippen molar-refractivity contribution in [3.8, 4) is 0 Å². The molecule has 0 bridgehead atoms. The van der Waals surface area contributed by atoms with E-state index in [1.807, 2.05) is 27.1 Å². The predicted octanol–water partition coefficient (Wildman–Crippen LogP) is 3.59. The van der Waals surface area contributed by atoms with Crippen LogP contribution < -0.4 is 10.2 Å². The highest BCUT2D eigenvalue weighted by Gasteiger charge is 2.21. The van der Waals surface area contributed by atoms with E-state index in [1.165, 1.54) is 6.07 Å². The second kappa shape index (κ2) is 6.19. The summed E-state index contributed by atoms with van der Waals surface area (Å²) in [5.74, 6) is 0.383. The Morgan fingerprint density at radius 1 is 1.17 bits per heavy atom. The molecule has 18 heavy (non-hydrogen) atoms. The van der Waals surface area contributed by atoms with E-state index >= 15 is 0 Å². The molecule has 2 atom stereocenters. The third-order valence-corrected chi connectivity index (χ3v) is 3.85. The van der Waals surface area contributed by atoms with Gasteiger partial charge in [0.15, 0.2) is 0 Å². The molecule has 0 aliphatic heterocycles. The second-order valence-electron chi connectivity index (χ2n) is 5.28. The Labute approximate surface area is 110 Å². The zero-order valence-corrected chi connectivity index (χ0v) is 12.3. The third-order valence-electron chi connectivity index (χ3n) is 3.85. The smallest absolute Gasteiger partial charge is 0.130 e. The molecular weight excluding hydrogens is 227 g/mol. The molecule has 0 radical (unpaired) electrons. The Kier molecular flexibility index (Phi) is 5.15. The maximum Gasteiger partial charge on any atom is 0.130 e. The second-order valence-corrected chi connectivity index (χ2v) is 5.28. The average Bonchev–Trinajstić information content (AvgIpc) is 2.35. The van der Waals surface area contributed by atoms with Crippen molar-refractivity contribution in [2.24, 2.45) is 5.92 Å². The van der Waals surface area contributed by atoms with Crippen molar-refractivity contribution < 1.29 is 4.39 Å². The molecule has 0 saturated heterocycles. The van der Waals surface area contributed by atoms with Crippen LogP contribution in [-0.2, 0) is 0 Å². The van der Waals surface area contributed by atoms with E-state index in [0.717, 1.165) is 11.3 Å². The van der Waals surface area contributed by atoms with Gasteiger partial charge in [0.2, 0.25) is 0 Å². The molecule has 0 aromatic heterocycles. The number of nitrogens with zero attached hydrogens (tertiary/aromatic N) is 1. The fraction of sp³-hybridized carbons (Fsp3) is 0.600. The summed E-state index contributed by atoms with van der Waals surface area (Å²) in [4.78, 5) is 2.16. The summed E-state index contributed by atoms with van der Waals surface area (Å²) < 4.78 is 14.0. The zero-order valence-electron chi connectivity index (χ0n) is 12.3. The Morgan fingerprint density at radius 2 is 1.78 bits per heavy atom. The van der Waals surface area contributed by atoms with Crippen LogP contribution >= 0.6 is 0 Å². The maximum absolute atomic E-state index is 14.0. The number of rotatable bonds is 5. The summed E-state index contributed by atoms with van der Waals surface area (Å²) in [6.07, 6.45) is 0. The molecule has 0 spiro atoms. The van der Waals surface area contributed by atoms with Gasteiger partial charge in [0.05, 0.1) is 0 Å². The van der Waals surface area contributed by atoms with E-state index in [2.05, 4.69) is 31.0 Å². The van der Waals surface area contributed by atoms with Gasteiger partial charge in [0.25, 0.3) is 0 Å². The quantitative estimate of drug-likeness (QED) is 0.861. The molecule has 2 unspecified atom stereocenters. The molecule has 0 saturated carbocycles. The van der Waals surface area contributed by atoms with Crippen molar-refractivity contribution in [2.75, 3.05) is 19.0 Å². The molecule has 1 aromatic rings. The molecule has 1 rings (SSSR count). The van der Waals surface area contributed by atoms with Crippen LogP contribution in [0.25, 0.3) is 0 Å². The summed E-state index contributed by atoms with van der Waals surface area (Å²) in [6, 6.07) is 5.67. The van der Waals surface area contributed by atoms with Crippen LogP contribution in [0, 0.1) is 11.7 Å². The molecule has 0 aliphatic carbocycles. The standard InChI is InChI=1S/C15H25FN2/c1-10(2)12(4)18(6)14-9-7-8-13(16)15(14)11(3)17-5/h7-12,17H,1-6H3. The molecule has 1 aromatic carbocycles. The van der Waals surface area contributed by atoms with Crippen LogP contribution in [0.5, 0.6) is 0 Å². The highest BCUT2D eigenvalue weighted by molar-refractivity contribution is 5.55. The Balaban J connectivity index is 3.19. The number of halogens is 1. The summed E-state index contributed by atoms with van der Waals surface area (Å²) >= 11 is 0. The summed E-state index contributed by atoms with van der Waals surface area (Å²) in [5.41, 5.74) is 1.72. The van der Waals surface area contributed by atoms with E-state index in [9.17, 15) is 4.39 Å². The maximum atomic E-state index is 14.0. The summed E-state index contributed by atoms with van der Waals surface area (Å²) in [5, 5.41) is 3.12. The van der Waals surface area contributed by atoms with Crippen molar-refractivity contribution >= 4 is 5.69 Å². The first-order valence-corrected chi connectivity index (χ1v) is 6.58. The largest absolute Gasteiger partial charge is 0.371 e. The Bertz CT molecular complexity index is 390. The minimum atomic E-state index is -0.142. The Hall–Kier alpha value is -1.09. The SMILES string of the molecule is CNC(C)c1c(F)cccc1N(C)C(C)C(C)C. The molecule has 0 fully saturated rings. The number of hydrogen-bond acceptors (Lipinski definition) is 2. The van der Waals surface area contributed by atoms with Crippen LogP contribution in [0.2, 0.25) is 0 Å². The van der Waals surface area contributed by atoms with Gasteiger partial charge in [0, 0.05) is 30.4 Å². The average molecular weight is 252 g/mol.